The van der Waals surface area contributed by atoms with Gasteiger partial charge in [0.2, 0.25) is 0 Å². The molecule has 0 N–H and O–H groups in total. The maximum Gasteiger partial charge on any atom is 0.133 e. The Labute approximate surface area is 129 Å². The molecule has 0 unspecified atom stereocenters. The van der Waals surface area contributed by atoms with Crippen LogP contribution in [0.25, 0.3) is 0 Å². The summed E-state index contributed by atoms with van der Waals surface area (Å²) < 4.78 is 0. The molecule has 116 valence electrons. The van der Waals surface area contributed by atoms with Crippen molar-refractivity contribution in [3.8, 4) is 0 Å². The summed E-state index contributed by atoms with van der Waals surface area (Å²) in [4.78, 5) is 11.9. The molecular formula is C20H30O. The van der Waals surface area contributed by atoms with Crippen LogP contribution in [0.5, 0.6) is 0 Å². The fourth-order valence-corrected chi connectivity index (χ4v) is 6.79. The Morgan fingerprint density at radius 1 is 1.10 bits per heavy atom. The topological polar surface area (TPSA) is 17.1 Å². The number of ketones is 1. The summed E-state index contributed by atoms with van der Waals surface area (Å²) in [5.74, 6) is 3.88. The molecule has 0 saturated heterocycles. The molecule has 0 aromatic heterocycles. The molecule has 4 saturated carbocycles. The van der Waals surface area contributed by atoms with E-state index < -0.39 is 0 Å². The normalized spacial score (nSPS) is 53.0. The molecular weight excluding hydrogens is 256 g/mol. The van der Waals surface area contributed by atoms with Crippen LogP contribution < -0.4 is 0 Å². The standard InChI is InChI=1S/C20H30O/c1-13-4-6-16-11-18-14(12-20(13,16)3)5-7-15-10-17(21)8-9-19(15,18)2/h14-16,18H,1,4-12H2,2-3H3/t14-,15-,16+,18-,19-,20-/m1/s1. The number of carbonyl (C=O) groups excluding carboxylic acids is 1. The van der Waals surface area contributed by atoms with Crippen molar-refractivity contribution in [1.29, 1.82) is 0 Å². The van der Waals surface area contributed by atoms with Crippen molar-refractivity contribution in [3.05, 3.63) is 12.2 Å². The Hall–Kier alpha value is -0.590. The maximum absolute atomic E-state index is 11.9. The smallest absolute Gasteiger partial charge is 0.133 e. The van der Waals surface area contributed by atoms with Crippen LogP contribution in [0.3, 0.4) is 0 Å². The second-order valence-electron chi connectivity index (χ2n) is 9.09. The molecule has 0 heterocycles. The van der Waals surface area contributed by atoms with Gasteiger partial charge in [0.05, 0.1) is 0 Å². The largest absolute Gasteiger partial charge is 0.300 e. The molecule has 6 atom stereocenters. The first-order chi connectivity index (χ1) is 9.93. The fraction of sp³-hybridized carbons (Fsp3) is 0.850. The Kier molecular flexibility index (Phi) is 2.98. The first kappa shape index (κ1) is 14.0. The SMILES string of the molecule is C=C1CC[C@H]2C[C@@H]3[C@H](CC[C@@H]4CC(=O)CC[C@]43C)C[C@]12C. The van der Waals surface area contributed by atoms with Crippen LogP contribution in [0, 0.1) is 34.5 Å². The quantitative estimate of drug-likeness (QED) is 0.562. The van der Waals surface area contributed by atoms with Crippen molar-refractivity contribution >= 4 is 5.78 Å². The highest BCUT2D eigenvalue weighted by atomic mass is 16.1. The molecule has 0 amide bonds. The number of Topliss-reactive ketones (excluding diaryl/α,β-unsaturated/α-hetero) is 1. The Bertz CT molecular complexity index is 492. The van der Waals surface area contributed by atoms with Gasteiger partial charge in [-0.05, 0) is 79.4 Å². The van der Waals surface area contributed by atoms with Crippen LogP contribution in [0.15, 0.2) is 12.2 Å². The Balaban J connectivity index is 1.64. The lowest BCUT2D eigenvalue weighted by Crippen LogP contribution is -2.51. The van der Waals surface area contributed by atoms with Gasteiger partial charge in [0.1, 0.15) is 5.78 Å². The summed E-state index contributed by atoms with van der Waals surface area (Å²) in [6.45, 7) is 9.45. The highest BCUT2D eigenvalue weighted by Gasteiger charge is 2.57. The van der Waals surface area contributed by atoms with Gasteiger partial charge in [-0.2, -0.15) is 0 Å². The van der Waals surface area contributed by atoms with Gasteiger partial charge in [-0.3, -0.25) is 4.79 Å². The van der Waals surface area contributed by atoms with Crippen LogP contribution >= 0.6 is 0 Å². The number of hydrogen-bond donors (Lipinski definition) is 0. The summed E-state index contributed by atoms with van der Waals surface area (Å²) >= 11 is 0. The predicted molar refractivity (Wildman–Crippen MR) is 85.9 cm³/mol. The second-order valence-corrected chi connectivity index (χ2v) is 9.09. The lowest BCUT2D eigenvalue weighted by Gasteiger charge is -2.59. The molecule has 0 bridgehead atoms. The first-order valence-electron chi connectivity index (χ1n) is 9.13. The van der Waals surface area contributed by atoms with E-state index in [1.54, 1.807) is 0 Å². The van der Waals surface area contributed by atoms with Gasteiger partial charge in [-0.25, -0.2) is 0 Å². The highest BCUT2D eigenvalue weighted by molar-refractivity contribution is 5.79. The van der Waals surface area contributed by atoms with Crippen LogP contribution in [0.1, 0.15) is 71.6 Å². The summed E-state index contributed by atoms with van der Waals surface area (Å²) in [6.07, 6.45) is 11.0. The summed E-state index contributed by atoms with van der Waals surface area (Å²) in [7, 11) is 0. The van der Waals surface area contributed by atoms with Gasteiger partial charge in [0, 0.05) is 12.8 Å². The van der Waals surface area contributed by atoms with E-state index >= 15 is 0 Å². The molecule has 0 radical (unpaired) electrons. The second kappa shape index (κ2) is 4.46. The van der Waals surface area contributed by atoms with E-state index in [2.05, 4.69) is 20.4 Å². The Morgan fingerprint density at radius 3 is 2.71 bits per heavy atom. The zero-order chi connectivity index (χ0) is 14.8. The summed E-state index contributed by atoms with van der Waals surface area (Å²) in [5, 5.41) is 0. The molecule has 4 fully saturated rings. The number of fused-ring (bicyclic) bond motifs is 4. The van der Waals surface area contributed by atoms with Crippen molar-refractivity contribution in [3.63, 3.8) is 0 Å². The zero-order valence-corrected chi connectivity index (χ0v) is 13.8. The zero-order valence-electron chi connectivity index (χ0n) is 13.8. The summed E-state index contributed by atoms with van der Waals surface area (Å²) in [6, 6.07) is 0. The van der Waals surface area contributed by atoms with Crippen molar-refractivity contribution in [2.24, 2.45) is 34.5 Å². The van der Waals surface area contributed by atoms with Crippen LogP contribution in [0.4, 0.5) is 0 Å². The van der Waals surface area contributed by atoms with Crippen LogP contribution in [0.2, 0.25) is 0 Å². The van der Waals surface area contributed by atoms with E-state index in [1.165, 1.54) is 50.5 Å². The minimum absolute atomic E-state index is 0.439. The van der Waals surface area contributed by atoms with Gasteiger partial charge < -0.3 is 0 Å². The van der Waals surface area contributed by atoms with Crippen molar-refractivity contribution in [2.45, 2.75) is 71.6 Å². The van der Waals surface area contributed by atoms with Crippen LogP contribution in [-0.4, -0.2) is 5.78 Å². The van der Waals surface area contributed by atoms with Gasteiger partial charge >= 0.3 is 0 Å². The first-order valence-corrected chi connectivity index (χ1v) is 9.13. The van der Waals surface area contributed by atoms with Crippen LogP contribution in [-0.2, 0) is 4.79 Å². The lowest BCUT2D eigenvalue weighted by molar-refractivity contribution is -0.135. The Morgan fingerprint density at radius 2 is 1.90 bits per heavy atom. The third-order valence-electron chi connectivity index (χ3n) is 8.38. The van der Waals surface area contributed by atoms with E-state index in [0.717, 1.165) is 30.6 Å². The van der Waals surface area contributed by atoms with Gasteiger partial charge in [0.25, 0.3) is 0 Å². The third kappa shape index (κ3) is 1.85. The van der Waals surface area contributed by atoms with E-state index in [1.807, 2.05) is 0 Å². The summed E-state index contributed by atoms with van der Waals surface area (Å²) in [5.41, 5.74) is 2.44. The molecule has 1 heteroatoms. The number of rotatable bonds is 0. The molecule has 0 aromatic carbocycles. The van der Waals surface area contributed by atoms with Gasteiger partial charge in [-0.15, -0.1) is 0 Å². The van der Waals surface area contributed by atoms with E-state index in [0.29, 0.717) is 22.5 Å². The number of allylic oxidation sites excluding steroid dienone is 1. The minimum Gasteiger partial charge on any atom is -0.300 e. The fourth-order valence-electron chi connectivity index (χ4n) is 6.79. The average Bonchev–Trinajstić information content (AvgIpc) is 2.74. The number of carbonyl (C=O) groups is 1. The molecule has 4 rings (SSSR count). The van der Waals surface area contributed by atoms with Crippen molar-refractivity contribution in [2.75, 3.05) is 0 Å². The molecule has 21 heavy (non-hydrogen) atoms. The van der Waals surface area contributed by atoms with E-state index in [4.69, 9.17) is 0 Å². The molecule has 0 aliphatic heterocycles. The molecule has 0 aromatic rings. The molecule has 0 spiro atoms. The predicted octanol–water partition coefficient (Wildman–Crippen LogP) is 5.15. The molecule has 4 aliphatic carbocycles. The van der Waals surface area contributed by atoms with Gasteiger partial charge in [-0.1, -0.05) is 26.0 Å². The molecule has 1 nitrogen and oxygen atoms in total. The van der Waals surface area contributed by atoms with E-state index in [9.17, 15) is 4.79 Å². The van der Waals surface area contributed by atoms with Crippen molar-refractivity contribution in [1.82, 2.24) is 0 Å². The van der Waals surface area contributed by atoms with E-state index in [-0.39, 0.29) is 0 Å². The van der Waals surface area contributed by atoms with Crippen molar-refractivity contribution < 1.29 is 4.79 Å². The maximum atomic E-state index is 11.9. The monoisotopic (exact) mass is 286 g/mol. The highest BCUT2D eigenvalue weighted by Crippen LogP contribution is 2.65. The third-order valence-corrected chi connectivity index (χ3v) is 8.38. The average molecular weight is 286 g/mol. The van der Waals surface area contributed by atoms with Gasteiger partial charge in [0.15, 0.2) is 0 Å². The lowest BCUT2D eigenvalue weighted by atomic mass is 9.46. The minimum atomic E-state index is 0.439. The molecule has 4 aliphatic rings. The number of hydrogen-bond acceptors (Lipinski definition) is 1.